The summed E-state index contributed by atoms with van der Waals surface area (Å²) in [4.78, 5) is 16.1. The van der Waals surface area contributed by atoms with Gasteiger partial charge in [0.1, 0.15) is 11.8 Å². The van der Waals surface area contributed by atoms with Crippen molar-refractivity contribution in [1.29, 1.82) is 0 Å². The normalized spacial score (nSPS) is 12.4. The fraction of sp³-hybridized carbons (Fsp3) is 0.333. The molecule has 21 heavy (non-hydrogen) atoms. The van der Waals surface area contributed by atoms with E-state index < -0.39 is 25.3 Å². The van der Waals surface area contributed by atoms with Gasteiger partial charge in [-0.15, -0.1) is 0 Å². The summed E-state index contributed by atoms with van der Waals surface area (Å²) in [5, 5.41) is 17.9. The highest BCUT2D eigenvalue weighted by Crippen LogP contribution is 2.20. The summed E-state index contributed by atoms with van der Waals surface area (Å²) in [6.07, 6.45) is 2.04. The van der Waals surface area contributed by atoms with E-state index in [1.165, 1.54) is 6.20 Å². The summed E-state index contributed by atoms with van der Waals surface area (Å²) in [5.41, 5.74) is 1.31. The van der Waals surface area contributed by atoms with Crippen LogP contribution in [0.15, 0.2) is 42.9 Å². The minimum absolute atomic E-state index is 0.0852. The molecule has 1 atom stereocenters. The number of hydrogen-bond acceptors (Lipinski definition) is 5. The molecule has 1 aromatic carbocycles. The third kappa shape index (κ3) is 3.48. The lowest BCUT2D eigenvalue weighted by Crippen LogP contribution is -2.27. The van der Waals surface area contributed by atoms with Gasteiger partial charge in [-0.1, -0.05) is 30.3 Å². The van der Waals surface area contributed by atoms with E-state index in [-0.39, 0.29) is 11.7 Å². The van der Waals surface area contributed by atoms with Gasteiger partial charge in [-0.05, 0) is 12.5 Å². The molecular formula is C15H18N2O4. The van der Waals surface area contributed by atoms with E-state index >= 15 is 0 Å². The molecule has 2 rings (SSSR count). The molecule has 2 aromatic rings. The molecule has 0 aliphatic heterocycles. The van der Waals surface area contributed by atoms with Gasteiger partial charge in [0.05, 0.1) is 31.8 Å². The van der Waals surface area contributed by atoms with Gasteiger partial charge in [0.25, 0.3) is 0 Å². The summed E-state index contributed by atoms with van der Waals surface area (Å²) in [6, 6.07) is 9.61. The number of benzene rings is 1. The lowest BCUT2D eigenvalue weighted by Gasteiger charge is -2.18. The number of imidazole rings is 1. The second-order valence-electron chi connectivity index (χ2n) is 4.67. The van der Waals surface area contributed by atoms with E-state index in [1.54, 1.807) is 10.9 Å². The highest BCUT2D eigenvalue weighted by atomic mass is 16.6. The summed E-state index contributed by atoms with van der Waals surface area (Å²) in [7, 11) is 0. The summed E-state index contributed by atoms with van der Waals surface area (Å²) < 4.78 is 6.72. The second-order valence-corrected chi connectivity index (χ2v) is 4.67. The third-order valence-electron chi connectivity index (χ3n) is 3.26. The Morgan fingerprint density at radius 2 is 1.95 bits per heavy atom. The molecule has 2 N–H and O–H groups in total. The molecule has 6 heteroatoms. The molecule has 1 aromatic heterocycles. The Labute approximate surface area is 122 Å². The van der Waals surface area contributed by atoms with E-state index in [1.807, 2.05) is 37.3 Å². The van der Waals surface area contributed by atoms with Crippen LogP contribution in [0.3, 0.4) is 0 Å². The maximum atomic E-state index is 12.1. The van der Waals surface area contributed by atoms with Gasteiger partial charge in [0.2, 0.25) is 0 Å². The molecule has 0 unspecified atom stereocenters. The van der Waals surface area contributed by atoms with Crippen molar-refractivity contribution in [2.75, 3.05) is 13.2 Å². The number of aliphatic hydroxyl groups is 2. The van der Waals surface area contributed by atoms with E-state index in [2.05, 4.69) is 4.98 Å². The zero-order valence-corrected chi connectivity index (χ0v) is 11.7. The number of esters is 1. The molecule has 0 saturated carbocycles. The monoisotopic (exact) mass is 290 g/mol. The summed E-state index contributed by atoms with van der Waals surface area (Å²) in [5.74, 6) is -0.622. The van der Waals surface area contributed by atoms with Gasteiger partial charge < -0.3 is 19.5 Å². The molecular weight excluding hydrogens is 272 g/mol. The molecule has 0 aliphatic carbocycles. The predicted molar refractivity (Wildman–Crippen MR) is 75.9 cm³/mol. The number of aromatic nitrogens is 2. The first-order valence-corrected chi connectivity index (χ1v) is 6.66. The van der Waals surface area contributed by atoms with Gasteiger partial charge in [0.15, 0.2) is 0 Å². The standard InChI is InChI=1S/C15H18N2O4/c1-11(12-5-3-2-4-6-12)17-10-16-7-14(17)15(20)21-13(8-18)9-19/h2-7,10-11,13,18-19H,8-9H2,1H3/t11-/m1/s1. The largest absolute Gasteiger partial charge is 0.453 e. The van der Waals surface area contributed by atoms with Gasteiger partial charge in [-0.3, -0.25) is 0 Å². The maximum Gasteiger partial charge on any atom is 0.357 e. The van der Waals surface area contributed by atoms with Crippen LogP contribution < -0.4 is 0 Å². The summed E-state index contributed by atoms with van der Waals surface area (Å²) in [6.45, 7) is 1.10. The minimum Gasteiger partial charge on any atom is -0.453 e. The van der Waals surface area contributed by atoms with Crippen LogP contribution in [0.25, 0.3) is 0 Å². The van der Waals surface area contributed by atoms with Crippen molar-refractivity contribution >= 4 is 5.97 Å². The van der Waals surface area contributed by atoms with E-state index in [4.69, 9.17) is 14.9 Å². The Kier molecular flexibility index (Phi) is 5.08. The van der Waals surface area contributed by atoms with Crippen LogP contribution in [-0.2, 0) is 4.74 Å². The average molecular weight is 290 g/mol. The number of nitrogens with zero attached hydrogens (tertiary/aromatic N) is 2. The van der Waals surface area contributed by atoms with Crippen LogP contribution in [0.5, 0.6) is 0 Å². The molecule has 1 heterocycles. The van der Waals surface area contributed by atoms with Crippen molar-refractivity contribution in [1.82, 2.24) is 9.55 Å². The SMILES string of the molecule is C[C@H](c1ccccc1)n1cncc1C(=O)OC(CO)CO. The lowest BCUT2D eigenvalue weighted by atomic mass is 10.1. The smallest absolute Gasteiger partial charge is 0.357 e. The molecule has 0 bridgehead atoms. The first kappa shape index (κ1) is 15.2. The van der Waals surface area contributed by atoms with Gasteiger partial charge in [0, 0.05) is 0 Å². The van der Waals surface area contributed by atoms with Gasteiger partial charge >= 0.3 is 5.97 Å². The number of carbonyl (C=O) groups excluding carboxylic acids is 1. The van der Waals surface area contributed by atoms with Crippen LogP contribution in [0.1, 0.15) is 29.0 Å². The molecule has 6 nitrogen and oxygen atoms in total. The Morgan fingerprint density at radius 3 is 2.57 bits per heavy atom. The number of rotatable bonds is 6. The van der Waals surface area contributed by atoms with Crippen LogP contribution in [-0.4, -0.2) is 45.1 Å². The van der Waals surface area contributed by atoms with Gasteiger partial charge in [-0.25, -0.2) is 9.78 Å². The fourth-order valence-corrected chi connectivity index (χ4v) is 2.01. The van der Waals surface area contributed by atoms with Crippen molar-refractivity contribution in [2.24, 2.45) is 0 Å². The minimum atomic E-state index is -0.923. The van der Waals surface area contributed by atoms with E-state index in [0.717, 1.165) is 5.56 Å². The van der Waals surface area contributed by atoms with E-state index in [9.17, 15) is 4.79 Å². The highest BCUT2D eigenvalue weighted by Gasteiger charge is 2.21. The van der Waals surface area contributed by atoms with Crippen LogP contribution in [0.2, 0.25) is 0 Å². The van der Waals surface area contributed by atoms with Crippen LogP contribution in [0, 0.1) is 0 Å². The van der Waals surface area contributed by atoms with Crippen molar-refractivity contribution in [3.05, 3.63) is 54.1 Å². The zero-order chi connectivity index (χ0) is 15.2. The lowest BCUT2D eigenvalue weighted by molar-refractivity contribution is -0.00645. The number of hydrogen-bond donors (Lipinski definition) is 2. The summed E-state index contributed by atoms with van der Waals surface area (Å²) >= 11 is 0. The molecule has 112 valence electrons. The molecule has 0 fully saturated rings. The maximum absolute atomic E-state index is 12.1. The second kappa shape index (κ2) is 7.01. The number of carbonyl (C=O) groups is 1. The van der Waals surface area contributed by atoms with Crippen molar-refractivity contribution < 1.29 is 19.7 Å². The van der Waals surface area contributed by atoms with Crippen molar-refractivity contribution in [3.63, 3.8) is 0 Å². The van der Waals surface area contributed by atoms with Crippen LogP contribution in [0.4, 0.5) is 0 Å². The van der Waals surface area contributed by atoms with Crippen molar-refractivity contribution in [2.45, 2.75) is 19.1 Å². The fourth-order valence-electron chi connectivity index (χ4n) is 2.01. The van der Waals surface area contributed by atoms with Crippen molar-refractivity contribution in [3.8, 4) is 0 Å². The number of ether oxygens (including phenoxy) is 1. The topological polar surface area (TPSA) is 84.6 Å². The zero-order valence-electron chi connectivity index (χ0n) is 11.7. The Hall–Kier alpha value is -2.18. The van der Waals surface area contributed by atoms with Gasteiger partial charge in [-0.2, -0.15) is 0 Å². The molecule has 0 saturated heterocycles. The predicted octanol–water partition coefficient (Wildman–Crippen LogP) is 1.00. The quantitative estimate of drug-likeness (QED) is 0.775. The molecule has 0 amide bonds. The Balaban J connectivity index is 2.20. The first-order chi connectivity index (χ1) is 10.2. The third-order valence-corrected chi connectivity index (χ3v) is 3.26. The molecule has 0 aliphatic rings. The molecule has 0 spiro atoms. The average Bonchev–Trinajstić information content (AvgIpc) is 3.02. The van der Waals surface area contributed by atoms with E-state index in [0.29, 0.717) is 0 Å². The Bertz CT molecular complexity index is 578. The Morgan fingerprint density at radius 1 is 1.29 bits per heavy atom. The first-order valence-electron chi connectivity index (χ1n) is 6.66. The number of aliphatic hydroxyl groups excluding tert-OH is 2. The van der Waals surface area contributed by atoms with Crippen LogP contribution >= 0.6 is 0 Å². The highest BCUT2D eigenvalue weighted by molar-refractivity contribution is 5.87. The molecule has 0 radical (unpaired) electrons.